The van der Waals surface area contributed by atoms with E-state index < -0.39 is 0 Å². The molecule has 6 heteroatoms. The number of nitrogens with one attached hydrogen (secondary N) is 1. The zero-order chi connectivity index (χ0) is 13.2. The lowest BCUT2D eigenvalue weighted by molar-refractivity contribution is -0.121. The van der Waals surface area contributed by atoms with Gasteiger partial charge >= 0.3 is 0 Å². The third-order valence-corrected chi connectivity index (χ3v) is 3.19. The van der Waals surface area contributed by atoms with Gasteiger partial charge in [0.25, 0.3) is 0 Å². The molecule has 1 aromatic heterocycles. The number of nitrogen functional groups attached to an aromatic ring is 1. The van der Waals surface area contributed by atoms with E-state index in [2.05, 4.69) is 10.3 Å². The number of para-hydroxylation sites is 1. The maximum Gasteiger partial charge on any atom is 0.234 e. The summed E-state index contributed by atoms with van der Waals surface area (Å²) in [5, 5.41) is 2.84. The van der Waals surface area contributed by atoms with Crippen molar-refractivity contribution in [1.82, 2.24) is 15.2 Å². The number of hydrogen-bond donors (Lipinski definition) is 2. The Labute approximate surface area is 110 Å². The van der Waals surface area contributed by atoms with Gasteiger partial charge in [-0.2, -0.15) is 0 Å². The van der Waals surface area contributed by atoms with Crippen molar-refractivity contribution in [3.63, 3.8) is 0 Å². The minimum Gasteiger partial charge on any atom is -0.439 e. The van der Waals surface area contributed by atoms with Crippen LogP contribution < -0.4 is 11.1 Å². The molecule has 3 N–H and O–H groups in total. The van der Waals surface area contributed by atoms with E-state index in [9.17, 15) is 4.79 Å². The van der Waals surface area contributed by atoms with Crippen LogP contribution >= 0.6 is 0 Å². The number of carbonyl (C=O) groups excluding carboxylic acids is 1. The van der Waals surface area contributed by atoms with E-state index in [1.807, 2.05) is 17.0 Å². The summed E-state index contributed by atoms with van der Waals surface area (Å²) in [7, 11) is 0. The number of fused-ring (bicyclic) bond motifs is 1. The Morgan fingerprint density at radius 2 is 2.37 bits per heavy atom. The van der Waals surface area contributed by atoms with Crippen molar-refractivity contribution >= 4 is 22.7 Å². The van der Waals surface area contributed by atoms with Crippen LogP contribution in [0.4, 0.5) is 5.69 Å². The van der Waals surface area contributed by atoms with Crippen LogP contribution in [0.3, 0.4) is 0 Å². The smallest absolute Gasteiger partial charge is 0.234 e. The van der Waals surface area contributed by atoms with Crippen LogP contribution in [0.1, 0.15) is 12.3 Å². The standard InChI is InChI=1S/C13H16N4O2/c14-9-3-1-4-10-13(9)16-12(19-10)8-17-6-2-5-15-11(18)7-17/h1,3-4H,2,5-8,14H2,(H,15,18). The minimum atomic E-state index is 0.0492. The van der Waals surface area contributed by atoms with Gasteiger partial charge in [0.05, 0.1) is 18.8 Å². The van der Waals surface area contributed by atoms with Gasteiger partial charge in [-0.1, -0.05) is 6.07 Å². The summed E-state index contributed by atoms with van der Waals surface area (Å²) in [5.41, 5.74) is 7.84. The van der Waals surface area contributed by atoms with Gasteiger partial charge in [-0.3, -0.25) is 9.69 Å². The molecule has 1 aromatic carbocycles. The Morgan fingerprint density at radius 3 is 3.21 bits per heavy atom. The highest BCUT2D eigenvalue weighted by Gasteiger charge is 2.17. The Kier molecular flexibility index (Phi) is 3.08. The number of anilines is 1. The summed E-state index contributed by atoms with van der Waals surface area (Å²) < 4.78 is 5.66. The van der Waals surface area contributed by atoms with Crippen LogP contribution in [0.5, 0.6) is 0 Å². The molecule has 2 heterocycles. The Bertz CT molecular complexity index is 608. The van der Waals surface area contributed by atoms with E-state index in [4.69, 9.17) is 10.2 Å². The first-order valence-electron chi connectivity index (χ1n) is 6.35. The molecule has 19 heavy (non-hydrogen) atoms. The van der Waals surface area contributed by atoms with Crippen molar-refractivity contribution in [2.24, 2.45) is 0 Å². The highest BCUT2D eigenvalue weighted by atomic mass is 16.3. The number of carbonyl (C=O) groups is 1. The molecule has 6 nitrogen and oxygen atoms in total. The lowest BCUT2D eigenvalue weighted by Gasteiger charge is -2.15. The maximum absolute atomic E-state index is 11.5. The quantitative estimate of drug-likeness (QED) is 0.778. The third-order valence-electron chi connectivity index (χ3n) is 3.19. The number of hydrogen-bond acceptors (Lipinski definition) is 5. The fraction of sp³-hybridized carbons (Fsp3) is 0.385. The Balaban J connectivity index is 1.80. The Morgan fingerprint density at radius 1 is 1.47 bits per heavy atom. The number of nitrogens with zero attached hydrogens (tertiary/aromatic N) is 2. The molecule has 1 saturated heterocycles. The normalized spacial score (nSPS) is 17.4. The third kappa shape index (κ3) is 2.53. The number of rotatable bonds is 2. The van der Waals surface area contributed by atoms with Gasteiger partial charge in [0.15, 0.2) is 5.58 Å². The van der Waals surface area contributed by atoms with E-state index in [1.54, 1.807) is 6.07 Å². The Hall–Kier alpha value is -2.08. The average Bonchev–Trinajstić information content (AvgIpc) is 2.67. The summed E-state index contributed by atoms with van der Waals surface area (Å²) in [6.45, 7) is 2.50. The second-order valence-corrected chi connectivity index (χ2v) is 4.72. The summed E-state index contributed by atoms with van der Waals surface area (Å²) in [6.07, 6.45) is 0.939. The first-order chi connectivity index (χ1) is 9.22. The van der Waals surface area contributed by atoms with Gasteiger partial charge in [0.1, 0.15) is 5.52 Å². The van der Waals surface area contributed by atoms with Crippen molar-refractivity contribution in [1.29, 1.82) is 0 Å². The van der Waals surface area contributed by atoms with E-state index in [-0.39, 0.29) is 5.91 Å². The number of benzene rings is 1. The van der Waals surface area contributed by atoms with Crippen molar-refractivity contribution in [3.05, 3.63) is 24.1 Å². The van der Waals surface area contributed by atoms with E-state index in [0.29, 0.717) is 35.8 Å². The molecular formula is C13H16N4O2. The molecule has 2 aromatic rings. The van der Waals surface area contributed by atoms with Crippen LogP contribution in [0.15, 0.2) is 22.6 Å². The van der Waals surface area contributed by atoms with Crippen LogP contribution in [0, 0.1) is 0 Å². The number of nitrogens with two attached hydrogens (primary N) is 1. The number of oxazole rings is 1. The van der Waals surface area contributed by atoms with Crippen molar-refractivity contribution in [3.8, 4) is 0 Å². The monoisotopic (exact) mass is 260 g/mol. The van der Waals surface area contributed by atoms with Gasteiger partial charge in [-0.25, -0.2) is 4.98 Å². The molecule has 0 radical (unpaired) electrons. The van der Waals surface area contributed by atoms with Crippen molar-refractivity contribution < 1.29 is 9.21 Å². The molecule has 0 spiro atoms. The second kappa shape index (κ2) is 4.89. The maximum atomic E-state index is 11.5. The van der Waals surface area contributed by atoms with Gasteiger partial charge in [0.2, 0.25) is 11.8 Å². The zero-order valence-corrected chi connectivity index (χ0v) is 10.6. The molecule has 1 fully saturated rings. The minimum absolute atomic E-state index is 0.0492. The fourth-order valence-corrected chi connectivity index (χ4v) is 2.28. The highest BCUT2D eigenvalue weighted by Crippen LogP contribution is 2.21. The van der Waals surface area contributed by atoms with Crippen LogP contribution in [-0.4, -0.2) is 35.4 Å². The molecule has 0 unspecified atom stereocenters. The summed E-state index contributed by atoms with van der Waals surface area (Å²) in [5.74, 6) is 0.649. The molecule has 1 aliphatic rings. The topological polar surface area (TPSA) is 84.4 Å². The van der Waals surface area contributed by atoms with E-state index >= 15 is 0 Å². The molecule has 1 amide bonds. The van der Waals surface area contributed by atoms with E-state index in [0.717, 1.165) is 19.5 Å². The van der Waals surface area contributed by atoms with Gasteiger partial charge < -0.3 is 15.5 Å². The molecule has 0 saturated carbocycles. The SMILES string of the molecule is Nc1cccc2oc(CN3CCCNC(=O)C3)nc12. The summed E-state index contributed by atoms with van der Waals surface area (Å²) in [4.78, 5) is 17.9. The average molecular weight is 260 g/mol. The molecule has 0 aliphatic carbocycles. The first kappa shape index (κ1) is 12.0. The van der Waals surface area contributed by atoms with Crippen LogP contribution in [0.25, 0.3) is 11.1 Å². The van der Waals surface area contributed by atoms with Gasteiger partial charge in [-0.15, -0.1) is 0 Å². The molecule has 3 rings (SSSR count). The van der Waals surface area contributed by atoms with Gasteiger partial charge in [0, 0.05) is 13.1 Å². The molecule has 0 bridgehead atoms. The first-order valence-corrected chi connectivity index (χ1v) is 6.35. The fourth-order valence-electron chi connectivity index (χ4n) is 2.28. The predicted octanol–water partition coefficient (Wildman–Crippen LogP) is 0.732. The lowest BCUT2D eigenvalue weighted by Crippen LogP contribution is -2.32. The zero-order valence-electron chi connectivity index (χ0n) is 10.6. The largest absolute Gasteiger partial charge is 0.439 e. The van der Waals surface area contributed by atoms with Crippen LogP contribution in [-0.2, 0) is 11.3 Å². The van der Waals surface area contributed by atoms with E-state index in [1.165, 1.54) is 0 Å². The lowest BCUT2D eigenvalue weighted by atomic mass is 10.3. The highest BCUT2D eigenvalue weighted by molar-refractivity contribution is 5.85. The summed E-state index contributed by atoms with van der Waals surface area (Å²) in [6, 6.07) is 5.48. The van der Waals surface area contributed by atoms with Crippen molar-refractivity contribution in [2.45, 2.75) is 13.0 Å². The second-order valence-electron chi connectivity index (χ2n) is 4.72. The summed E-state index contributed by atoms with van der Waals surface area (Å²) >= 11 is 0. The molecule has 1 aliphatic heterocycles. The predicted molar refractivity (Wildman–Crippen MR) is 71.3 cm³/mol. The molecule has 0 atom stereocenters. The molecular weight excluding hydrogens is 244 g/mol. The van der Waals surface area contributed by atoms with Gasteiger partial charge in [-0.05, 0) is 18.6 Å². The van der Waals surface area contributed by atoms with Crippen LogP contribution in [0.2, 0.25) is 0 Å². The number of aromatic nitrogens is 1. The van der Waals surface area contributed by atoms with Crippen molar-refractivity contribution in [2.75, 3.05) is 25.4 Å². The molecule has 100 valence electrons. The number of amides is 1.